The zero-order valence-corrected chi connectivity index (χ0v) is 22.9. The monoisotopic (exact) mass is 549 g/mol. The van der Waals surface area contributed by atoms with Crippen molar-refractivity contribution in [2.75, 3.05) is 19.1 Å². The first-order chi connectivity index (χ1) is 20.7. The lowest BCUT2D eigenvalue weighted by atomic mass is 9.87. The number of benzene rings is 2. The molecule has 0 bridgehead atoms. The Bertz CT molecular complexity index is 1980. The maximum atomic E-state index is 5.15. The van der Waals surface area contributed by atoms with Crippen molar-refractivity contribution in [3.05, 3.63) is 143 Å². The molecule has 0 amide bonds. The van der Waals surface area contributed by atoms with E-state index in [0.29, 0.717) is 17.3 Å². The lowest BCUT2D eigenvalue weighted by molar-refractivity contribution is -0.583. The van der Waals surface area contributed by atoms with Crippen molar-refractivity contribution in [1.29, 1.82) is 0 Å². The molecular formula is C32H25N10+. The number of aromatic nitrogens is 3. The van der Waals surface area contributed by atoms with Gasteiger partial charge in [0.15, 0.2) is 17.4 Å². The maximum absolute atomic E-state index is 5.15. The summed E-state index contributed by atoms with van der Waals surface area (Å²) < 4.78 is 1.80. The fraction of sp³-hybridized carbons (Fsp3) is 0.0625. The fourth-order valence-electron chi connectivity index (χ4n) is 5.46. The molecule has 0 spiro atoms. The molecule has 0 saturated carbocycles. The van der Waals surface area contributed by atoms with Crippen molar-refractivity contribution < 1.29 is 4.52 Å². The van der Waals surface area contributed by atoms with Gasteiger partial charge in [-0.25, -0.2) is 20.0 Å². The quantitative estimate of drug-likeness (QED) is 0.384. The van der Waals surface area contributed by atoms with E-state index in [1.54, 1.807) is 9.52 Å². The molecular weight excluding hydrogens is 524 g/mol. The van der Waals surface area contributed by atoms with Gasteiger partial charge in [-0.3, -0.25) is 5.43 Å². The number of rotatable bonds is 2. The fourth-order valence-corrected chi connectivity index (χ4v) is 5.46. The lowest BCUT2D eigenvalue weighted by Gasteiger charge is -2.37. The summed E-state index contributed by atoms with van der Waals surface area (Å²) in [5.41, 5.74) is 10.9. The molecule has 202 valence electrons. The highest BCUT2D eigenvalue weighted by Gasteiger charge is 2.40. The van der Waals surface area contributed by atoms with Gasteiger partial charge in [-0.1, -0.05) is 77.9 Å². The minimum absolute atomic E-state index is 0.651. The predicted octanol–water partition coefficient (Wildman–Crippen LogP) is 3.64. The van der Waals surface area contributed by atoms with Gasteiger partial charge >= 0.3 is 5.65 Å². The number of hydrazine groups is 1. The molecule has 0 saturated heterocycles. The van der Waals surface area contributed by atoms with Gasteiger partial charge in [-0.15, -0.1) is 4.52 Å². The third kappa shape index (κ3) is 3.73. The lowest BCUT2D eigenvalue weighted by Crippen LogP contribution is -2.46. The van der Waals surface area contributed by atoms with Crippen molar-refractivity contribution in [1.82, 2.24) is 25.5 Å². The summed E-state index contributed by atoms with van der Waals surface area (Å²) in [6.45, 7) is 0. The molecule has 0 fully saturated rings. The standard InChI is InChI=1S/C32H25N10/c1-39-31-29(37-41-19-11-9-17-23(41)33-31)25(27(35-39)21-13-5-3-6-14-21)26-28(22-15-7-4-8-16-22)36-40(2)32-30(26)38-42-20-12-10-18-24(42)34-32/h3-20,37H,1-2H3/q+1/b26-25-. The first-order valence-corrected chi connectivity index (χ1v) is 13.6. The average molecular weight is 550 g/mol. The third-order valence-electron chi connectivity index (χ3n) is 7.39. The summed E-state index contributed by atoms with van der Waals surface area (Å²) in [5.74, 6) is 2.11. The number of pyridine rings is 1. The Morgan fingerprint density at radius 3 is 2.19 bits per heavy atom. The Balaban J connectivity index is 1.51. The zero-order chi connectivity index (χ0) is 28.2. The molecule has 2 aromatic heterocycles. The first-order valence-electron chi connectivity index (χ1n) is 13.6. The van der Waals surface area contributed by atoms with E-state index in [1.165, 1.54) is 0 Å². The molecule has 0 atom stereocenters. The van der Waals surface area contributed by atoms with Gasteiger partial charge < -0.3 is 0 Å². The van der Waals surface area contributed by atoms with Crippen LogP contribution >= 0.6 is 0 Å². The molecule has 1 N–H and O–H groups in total. The van der Waals surface area contributed by atoms with E-state index in [1.807, 2.05) is 109 Å². The van der Waals surface area contributed by atoms with Gasteiger partial charge in [-0.05, 0) is 23.2 Å². The number of allylic oxidation sites excluding steroid dienone is 4. The van der Waals surface area contributed by atoms with Crippen molar-refractivity contribution in [2.45, 2.75) is 0 Å². The van der Waals surface area contributed by atoms with Gasteiger partial charge in [0.05, 0.1) is 5.57 Å². The zero-order valence-electron chi connectivity index (χ0n) is 22.9. The molecule has 8 rings (SSSR count). The molecule has 0 radical (unpaired) electrons. The van der Waals surface area contributed by atoms with E-state index in [9.17, 15) is 0 Å². The van der Waals surface area contributed by atoms with Gasteiger partial charge in [0.25, 0.3) is 5.82 Å². The number of hydrogen-bond donors (Lipinski definition) is 1. The largest absolute Gasteiger partial charge is 0.350 e. The van der Waals surface area contributed by atoms with E-state index >= 15 is 0 Å². The molecule has 0 aliphatic carbocycles. The van der Waals surface area contributed by atoms with Crippen LogP contribution < -0.4 is 15.0 Å². The molecule has 4 aliphatic rings. The van der Waals surface area contributed by atoms with Crippen molar-refractivity contribution in [3.8, 4) is 0 Å². The van der Waals surface area contributed by atoms with Gasteiger partial charge in [0.1, 0.15) is 23.3 Å². The van der Waals surface area contributed by atoms with Crippen LogP contribution in [0.2, 0.25) is 0 Å². The minimum atomic E-state index is 0.651. The molecule has 4 aromatic rings. The van der Waals surface area contributed by atoms with Crippen LogP contribution in [0.5, 0.6) is 0 Å². The van der Waals surface area contributed by atoms with Crippen molar-refractivity contribution >= 4 is 34.3 Å². The Kier molecular flexibility index (Phi) is 5.33. The first kappa shape index (κ1) is 23.9. The number of aliphatic imine (C=N–C) groups is 1. The molecule has 42 heavy (non-hydrogen) atoms. The Morgan fingerprint density at radius 1 is 0.738 bits per heavy atom. The smallest absolute Gasteiger partial charge is 0.288 e. The van der Waals surface area contributed by atoms with Gasteiger partial charge in [0, 0.05) is 43.1 Å². The second kappa shape index (κ2) is 9.34. The van der Waals surface area contributed by atoms with E-state index in [-0.39, 0.29) is 0 Å². The van der Waals surface area contributed by atoms with Gasteiger partial charge in [0.2, 0.25) is 0 Å². The molecule has 4 aliphatic heterocycles. The number of amidine groups is 1. The summed E-state index contributed by atoms with van der Waals surface area (Å²) in [6, 6.07) is 26.2. The molecule has 0 unspecified atom stereocenters. The maximum Gasteiger partial charge on any atom is 0.350 e. The Morgan fingerprint density at radius 2 is 1.43 bits per heavy atom. The number of anilines is 1. The highest BCUT2D eigenvalue weighted by molar-refractivity contribution is 6.39. The summed E-state index contributed by atoms with van der Waals surface area (Å²) in [6.07, 6.45) is 9.76. The number of fused-ring (bicyclic) bond motifs is 3. The van der Waals surface area contributed by atoms with E-state index in [2.05, 4.69) is 29.7 Å². The molecule has 2 aromatic carbocycles. The Hall–Kier alpha value is -5.90. The minimum Gasteiger partial charge on any atom is -0.288 e. The predicted molar refractivity (Wildman–Crippen MR) is 162 cm³/mol. The second-order valence-electron chi connectivity index (χ2n) is 10.1. The van der Waals surface area contributed by atoms with Crippen molar-refractivity contribution in [3.63, 3.8) is 0 Å². The van der Waals surface area contributed by atoms with Crippen LogP contribution in [0.3, 0.4) is 0 Å². The molecule has 10 nitrogen and oxygen atoms in total. The summed E-state index contributed by atoms with van der Waals surface area (Å²) >= 11 is 0. The highest BCUT2D eigenvalue weighted by atomic mass is 15.6. The van der Waals surface area contributed by atoms with Crippen LogP contribution in [0.25, 0.3) is 11.2 Å². The number of nitrogens with zero attached hydrogens (tertiary/aromatic N) is 9. The summed E-state index contributed by atoms with van der Waals surface area (Å²) in [5, 5.41) is 20.9. The van der Waals surface area contributed by atoms with Crippen LogP contribution in [-0.4, -0.2) is 51.5 Å². The molecule has 10 heteroatoms. The molecule has 6 heterocycles. The number of hydrogen-bond acceptors (Lipinski definition) is 9. The van der Waals surface area contributed by atoms with E-state index in [4.69, 9.17) is 25.3 Å². The second-order valence-corrected chi connectivity index (χ2v) is 10.1. The van der Waals surface area contributed by atoms with Crippen LogP contribution in [-0.2, 0) is 0 Å². The highest BCUT2D eigenvalue weighted by Crippen LogP contribution is 2.40. The SMILES string of the molecule is CN1N=C(c2ccccc2)/C(=C2\C(c3ccccc3)=NN(C)c3nc4cccc[n+]4nc32)C2=C1N=C1C=CC=CN1N2. The van der Waals surface area contributed by atoms with E-state index < -0.39 is 0 Å². The van der Waals surface area contributed by atoms with E-state index in [0.717, 1.165) is 50.9 Å². The van der Waals surface area contributed by atoms with Gasteiger partial charge in [-0.2, -0.15) is 10.2 Å². The third-order valence-corrected chi connectivity index (χ3v) is 7.39. The number of hydrazone groups is 2. The normalized spacial score (nSPS) is 19.1. The van der Waals surface area contributed by atoms with Crippen LogP contribution in [0.4, 0.5) is 5.82 Å². The summed E-state index contributed by atoms with van der Waals surface area (Å²) in [7, 11) is 3.82. The number of nitrogens with one attached hydrogen (secondary N) is 1. The Labute approximate surface area is 241 Å². The topological polar surface area (TPSA) is 88.7 Å². The van der Waals surface area contributed by atoms with Crippen LogP contribution in [0.1, 0.15) is 16.8 Å². The van der Waals surface area contributed by atoms with Crippen LogP contribution in [0, 0.1) is 0 Å². The van der Waals surface area contributed by atoms with Crippen LogP contribution in [0.15, 0.2) is 142 Å². The van der Waals surface area contributed by atoms with Crippen molar-refractivity contribution in [2.24, 2.45) is 15.2 Å². The average Bonchev–Trinajstić information content (AvgIpc) is 3.04. The summed E-state index contributed by atoms with van der Waals surface area (Å²) in [4.78, 5) is 10.0.